The third-order valence-electron chi connectivity index (χ3n) is 4.02. The molecule has 2 aliphatic rings. The van der Waals surface area contributed by atoms with E-state index in [1.807, 2.05) is 0 Å². The van der Waals surface area contributed by atoms with Gasteiger partial charge in [0, 0.05) is 6.54 Å². The van der Waals surface area contributed by atoms with Crippen molar-refractivity contribution in [3.8, 4) is 0 Å². The van der Waals surface area contributed by atoms with Gasteiger partial charge in [0.15, 0.2) is 0 Å². The summed E-state index contributed by atoms with van der Waals surface area (Å²) in [6.45, 7) is 5.47. The highest BCUT2D eigenvalue weighted by atomic mass is 16.5. The Hall–Kier alpha value is -0.120. The van der Waals surface area contributed by atoms with Crippen LogP contribution in [0.3, 0.4) is 0 Å². The molecule has 2 fully saturated rings. The van der Waals surface area contributed by atoms with Gasteiger partial charge in [-0.15, -0.1) is 0 Å². The lowest BCUT2D eigenvalue weighted by atomic mass is 9.98. The van der Waals surface area contributed by atoms with Gasteiger partial charge in [0.2, 0.25) is 0 Å². The molecule has 0 amide bonds. The quantitative estimate of drug-likeness (QED) is 0.696. The Morgan fingerprint density at radius 1 is 1.06 bits per heavy atom. The maximum atomic E-state index is 5.89. The SMILES string of the molecule is C1CCC(OCCNCC2CCCNC2)CC1. The average Bonchev–Trinajstić information content (AvgIpc) is 2.41. The molecular weight excluding hydrogens is 212 g/mol. The Bertz CT molecular complexity index is 167. The summed E-state index contributed by atoms with van der Waals surface area (Å²) in [6, 6.07) is 0. The predicted molar refractivity (Wildman–Crippen MR) is 71.3 cm³/mol. The molecule has 2 rings (SSSR count). The van der Waals surface area contributed by atoms with Crippen molar-refractivity contribution in [2.24, 2.45) is 5.92 Å². The summed E-state index contributed by atoms with van der Waals surface area (Å²) in [5, 5.41) is 6.99. The van der Waals surface area contributed by atoms with Crippen LogP contribution >= 0.6 is 0 Å². The van der Waals surface area contributed by atoms with Crippen molar-refractivity contribution in [3.05, 3.63) is 0 Å². The van der Waals surface area contributed by atoms with Gasteiger partial charge in [-0.25, -0.2) is 0 Å². The van der Waals surface area contributed by atoms with E-state index in [4.69, 9.17) is 4.74 Å². The molecule has 1 unspecified atom stereocenters. The second-order valence-electron chi connectivity index (χ2n) is 5.55. The summed E-state index contributed by atoms with van der Waals surface area (Å²) in [4.78, 5) is 0. The molecule has 17 heavy (non-hydrogen) atoms. The first-order valence-electron chi connectivity index (χ1n) is 7.48. The van der Waals surface area contributed by atoms with Gasteiger partial charge in [-0.2, -0.15) is 0 Å². The Labute approximate surface area is 106 Å². The van der Waals surface area contributed by atoms with Gasteiger partial charge in [-0.1, -0.05) is 19.3 Å². The molecule has 1 heterocycles. The molecule has 1 aliphatic heterocycles. The fourth-order valence-corrected chi connectivity index (χ4v) is 2.93. The largest absolute Gasteiger partial charge is 0.377 e. The number of ether oxygens (including phenoxy) is 1. The van der Waals surface area contributed by atoms with Gasteiger partial charge in [-0.3, -0.25) is 0 Å². The van der Waals surface area contributed by atoms with Crippen LogP contribution in [0.1, 0.15) is 44.9 Å². The zero-order chi connectivity index (χ0) is 11.8. The van der Waals surface area contributed by atoms with Crippen LogP contribution in [-0.4, -0.2) is 38.9 Å². The normalized spacial score (nSPS) is 27.2. The minimum atomic E-state index is 0.557. The van der Waals surface area contributed by atoms with Crippen LogP contribution in [0.2, 0.25) is 0 Å². The molecule has 1 aliphatic carbocycles. The van der Waals surface area contributed by atoms with Crippen molar-refractivity contribution >= 4 is 0 Å². The number of rotatable bonds is 6. The van der Waals surface area contributed by atoms with E-state index in [1.165, 1.54) is 58.0 Å². The van der Waals surface area contributed by atoms with Crippen LogP contribution in [0.5, 0.6) is 0 Å². The van der Waals surface area contributed by atoms with E-state index in [0.717, 1.165) is 25.6 Å². The molecule has 2 N–H and O–H groups in total. The van der Waals surface area contributed by atoms with Crippen molar-refractivity contribution in [2.45, 2.75) is 51.0 Å². The number of piperidine rings is 1. The summed E-state index contributed by atoms with van der Waals surface area (Å²) in [5.41, 5.74) is 0. The van der Waals surface area contributed by atoms with Gasteiger partial charge >= 0.3 is 0 Å². The van der Waals surface area contributed by atoms with E-state index >= 15 is 0 Å². The standard InChI is InChI=1S/C14H28N2O/c1-2-6-14(7-3-1)17-10-9-16-12-13-5-4-8-15-11-13/h13-16H,1-12H2. The molecule has 1 saturated heterocycles. The van der Waals surface area contributed by atoms with E-state index in [2.05, 4.69) is 10.6 Å². The lowest BCUT2D eigenvalue weighted by molar-refractivity contribution is 0.0300. The second kappa shape index (κ2) is 8.06. The first-order valence-corrected chi connectivity index (χ1v) is 7.48. The molecular formula is C14H28N2O. The lowest BCUT2D eigenvalue weighted by Crippen LogP contribution is -2.37. The highest BCUT2D eigenvalue weighted by molar-refractivity contribution is 4.71. The van der Waals surface area contributed by atoms with Crippen LogP contribution in [0.25, 0.3) is 0 Å². The number of hydrogen-bond acceptors (Lipinski definition) is 3. The van der Waals surface area contributed by atoms with E-state index in [9.17, 15) is 0 Å². The van der Waals surface area contributed by atoms with Crippen molar-refractivity contribution in [1.82, 2.24) is 10.6 Å². The van der Waals surface area contributed by atoms with Crippen LogP contribution in [0.15, 0.2) is 0 Å². The monoisotopic (exact) mass is 240 g/mol. The highest BCUT2D eigenvalue weighted by Gasteiger charge is 2.14. The lowest BCUT2D eigenvalue weighted by Gasteiger charge is -2.24. The zero-order valence-corrected chi connectivity index (χ0v) is 11.0. The summed E-state index contributed by atoms with van der Waals surface area (Å²) < 4.78 is 5.89. The first-order chi connectivity index (χ1) is 8.45. The molecule has 3 nitrogen and oxygen atoms in total. The topological polar surface area (TPSA) is 33.3 Å². The molecule has 0 spiro atoms. The molecule has 1 saturated carbocycles. The van der Waals surface area contributed by atoms with Gasteiger partial charge < -0.3 is 15.4 Å². The van der Waals surface area contributed by atoms with Gasteiger partial charge in [0.05, 0.1) is 12.7 Å². The minimum Gasteiger partial charge on any atom is -0.377 e. The van der Waals surface area contributed by atoms with Gasteiger partial charge in [0.1, 0.15) is 0 Å². The Morgan fingerprint density at radius 3 is 2.71 bits per heavy atom. The van der Waals surface area contributed by atoms with Crippen molar-refractivity contribution in [1.29, 1.82) is 0 Å². The fraction of sp³-hybridized carbons (Fsp3) is 1.00. The smallest absolute Gasteiger partial charge is 0.0594 e. The van der Waals surface area contributed by atoms with E-state index in [-0.39, 0.29) is 0 Å². The van der Waals surface area contributed by atoms with Crippen LogP contribution in [-0.2, 0) is 4.74 Å². The van der Waals surface area contributed by atoms with E-state index in [0.29, 0.717) is 6.10 Å². The molecule has 0 radical (unpaired) electrons. The zero-order valence-electron chi connectivity index (χ0n) is 11.0. The van der Waals surface area contributed by atoms with Gasteiger partial charge in [0.25, 0.3) is 0 Å². The summed E-state index contributed by atoms with van der Waals surface area (Å²) in [6.07, 6.45) is 9.99. The maximum Gasteiger partial charge on any atom is 0.0594 e. The molecule has 1 atom stereocenters. The Morgan fingerprint density at radius 2 is 1.94 bits per heavy atom. The Balaban J connectivity index is 1.42. The van der Waals surface area contributed by atoms with E-state index in [1.54, 1.807) is 0 Å². The summed E-state index contributed by atoms with van der Waals surface area (Å²) in [7, 11) is 0. The molecule has 100 valence electrons. The van der Waals surface area contributed by atoms with Crippen LogP contribution in [0, 0.1) is 5.92 Å². The fourth-order valence-electron chi connectivity index (χ4n) is 2.93. The highest BCUT2D eigenvalue weighted by Crippen LogP contribution is 2.19. The first kappa shape index (κ1) is 13.3. The van der Waals surface area contributed by atoms with Crippen molar-refractivity contribution < 1.29 is 4.74 Å². The van der Waals surface area contributed by atoms with Crippen molar-refractivity contribution in [2.75, 3.05) is 32.8 Å². The minimum absolute atomic E-state index is 0.557. The second-order valence-corrected chi connectivity index (χ2v) is 5.55. The summed E-state index contributed by atoms with van der Waals surface area (Å²) in [5.74, 6) is 0.832. The van der Waals surface area contributed by atoms with Crippen LogP contribution < -0.4 is 10.6 Å². The van der Waals surface area contributed by atoms with Gasteiger partial charge in [-0.05, 0) is 51.2 Å². The maximum absolute atomic E-state index is 5.89. The van der Waals surface area contributed by atoms with E-state index < -0.39 is 0 Å². The molecule has 0 aromatic carbocycles. The molecule has 3 heteroatoms. The Kier molecular flexibility index (Phi) is 6.32. The number of nitrogens with one attached hydrogen (secondary N) is 2. The summed E-state index contributed by atoms with van der Waals surface area (Å²) >= 11 is 0. The van der Waals surface area contributed by atoms with Crippen LogP contribution in [0.4, 0.5) is 0 Å². The number of hydrogen-bond donors (Lipinski definition) is 2. The van der Waals surface area contributed by atoms with Crippen molar-refractivity contribution in [3.63, 3.8) is 0 Å². The average molecular weight is 240 g/mol. The third kappa shape index (κ3) is 5.36. The predicted octanol–water partition coefficient (Wildman–Crippen LogP) is 1.92. The molecule has 0 aromatic heterocycles. The third-order valence-corrected chi connectivity index (χ3v) is 4.02. The molecule has 0 bridgehead atoms. The molecule has 0 aromatic rings.